The monoisotopic (exact) mass is 1010 g/mol. The Balaban J connectivity index is 0.989. The second kappa shape index (κ2) is 24.3. The van der Waals surface area contributed by atoms with E-state index in [0.29, 0.717) is 43.0 Å². The molecular formula is C46H54F3N11O8S2. The fraction of sp³-hybridized carbons (Fsp3) is 0.435. The summed E-state index contributed by atoms with van der Waals surface area (Å²) in [6.07, 6.45) is 1.46. The van der Waals surface area contributed by atoms with Crippen LogP contribution >= 0.6 is 11.8 Å². The number of carbonyl (C=O) groups is 5. The molecule has 3 heterocycles. The van der Waals surface area contributed by atoms with Crippen molar-refractivity contribution in [3.05, 3.63) is 100 Å². The molecule has 5 amide bonds. The summed E-state index contributed by atoms with van der Waals surface area (Å²) in [5.41, 5.74) is 8.52. The number of carbonyl (C=O) groups excluding carboxylic acids is 5. The van der Waals surface area contributed by atoms with Crippen molar-refractivity contribution in [1.82, 2.24) is 36.4 Å². The van der Waals surface area contributed by atoms with Crippen LogP contribution in [0.1, 0.15) is 92.2 Å². The molecular weight excluding hydrogens is 956 g/mol. The molecule has 374 valence electrons. The van der Waals surface area contributed by atoms with Crippen molar-refractivity contribution in [3.8, 4) is 22.7 Å². The van der Waals surface area contributed by atoms with E-state index in [-0.39, 0.29) is 88.2 Å². The highest BCUT2D eigenvalue weighted by Gasteiger charge is 2.42. The summed E-state index contributed by atoms with van der Waals surface area (Å²) >= 11 is 1.85. The molecule has 0 bridgehead atoms. The summed E-state index contributed by atoms with van der Waals surface area (Å²) in [5.74, 6) is -0.802. The van der Waals surface area contributed by atoms with Crippen molar-refractivity contribution in [3.63, 3.8) is 0 Å². The number of unbranched alkanes of at least 4 members (excludes halogenated alkanes) is 4. The number of amides is 5. The van der Waals surface area contributed by atoms with Gasteiger partial charge in [0.05, 0.1) is 28.4 Å². The number of urea groups is 1. The molecule has 2 aliphatic heterocycles. The molecule has 7 N–H and O–H groups in total. The number of fused-ring (bicyclic) bond motifs is 1. The molecule has 0 unspecified atom stereocenters. The standard InChI is InChI=1S/C46H54F3N11O8S2/c1-28-13-14-30(36-26-39(46(47,48)49)58-60(36)32-19-21-33(22-20-32)70(51,66)67)25-37(28)68-44(64)34(54-43(63)29-15-17-31(18-16-29)57-59-50)9-6-8-24-53-40(61)11-3-2-7-23-52-41(62)12-5-4-10-38-42-35(27-69-38)55-45(65)56-42/h13-22,25-26,34-35,38,42H,2-12,23-24,27H2,1H3,(H,52,62)(H,53,61)(H,54,63)(H2,51,66,67)(H2,55,56,65)/t34-,35+,38+,42+/m1/s1. The van der Waals surface area contributed by atoms with Gasteiger partial charge in [-0.25, -0.2) is 27.8 Å². The van der Waals surface area contributed by atoms with Crippen LogP contribution in [0.15, 0.2) is 82.8 Å². The number of nitrogens with one attached hydrogen (secondary N) is 5. The lowest BCUT2D eigenvalue weighted by Gasteiger charge is -2.19. The number of sulfonamides is 1. The van der Waals surface area contributed by atoms with Crippen LogP contribution in [0, 0.1) is 6.92 Å². The number of halogens is 3. The average Bonchev–Trinajstić information content (AvgIpc) is 4.04. The van der Waals surface area contributed by atoms with Gasteiger partial charge in [-0.2, -0.15) is 30.0 Å². The lowest BCUT2D eigenvalue weighted by atomic mass is 10.0. The third-order valence-electron chi connectivity index (χ3n) is 11.7. The van der Waals surface area contributed by atoms with Gasteiger partial charge in [0.15, 0.2) is 5.69 Å². The van der Waals surface area contributed by atoms with Crippen molar-refractivity contribution in [2.75, 3.05) is 18.8 Å². The van der Waals surface area contributed by atoms with E-state index in [2.05, 4.69) is 41.7 Å². The number of aryl methyl sites for hydroxylation is 1. The maximum Gasteiger partial charge on any atom is 0.435 e. The molecule has 0 saturated carbocycles. The quantitative estimate of drug-likeness (QED) is 0.00808. The summed E-state index contributed by atoms with van der Waals surface area (Å²) < 4.78 is 72.3. The third-order valence-corrected chi connectivity index (χ3v) is 14.1. The smallest absolute Gasteiger partial charge is 0.425 e. The van der Waals surface area contributed by atoms with Gasteiger partial charge in [-0.15, -0.1) is 0 Å². The number of nitrogens with two attached hydrogens (primary N) is 1. The van der Waals surface area contributed by atoms with Gasteiger partial charge in [-0.3, -0.25) is 14.4 Å². The minimum absolute atomic E-state index is 0.00685. The van der Waals surface area contributed by atoms with Crippen LogP contribution in [-0.2, 0) is 30.6 Å². The number of nitrogens with zero attached hydrogens (tertiary/aromatic N) is 5. The van der Waals surface area contributed by atoms with E-state index in [9.17, 15) is 45.6 Å². The van der Waals surface area contributed by atoms with E-state index in [1.807, 2.05) is 11.8 Å². The molecule has 0 aliphatic carbocycles. The van der Waals surface area contributed by atoms with Gasteiger partial charge < -0.3 is 31.3 Å². The summed E-state index contributed by atoms with van der Waals surface area (Å²) in [4.78, 5) is 66.2. The van der Waals surface area contributed by atoms with Gasteiger partial charge >= 0.3 is 18.2 Å². The molecule has 2 aliphatic rings. The van der Waals surface area contributed by atoms with Crippen molar-refractivity contribution >= 4 is 57.2 Å². The zero-order valence-electron chi connectivity index (χ0n) is 38.2. The van der Waals surface area contributed by atoms with Gasteiger partial charge in [-0.1, -0.05) is 42.2 Å². The number of esters is 1. The lowest BCUT2D eigenvalue weighted by molar-refractivity contribution is -0.141. The first-order chi connectivity index (χ1) is 33.4. The molecule has 2 fully saturated rings. The number of benzene rings is 3. The number of hydrogen-bond donors (Lipinski definition) is 6. The molecule has 19 nitrogen and oxygen atoms in total. The first-order valence-electron chi connectivity index (χ1n) is 22.7. The van der Waals surface area contributed by atoms with Gasteiger partial charge in [0, 0.05) is 58.7 Å². The van der Waals surface area contributed by atoms with Crippen LogP contribution in [0.3, 0.4) is 0 Å². The van der Waals surface area contributed by atoms with Crippen LogP contribution in [0.2, 0.25) is 0 Å². The molecule has 1 aromatic heterocycles. The van der Waals surface area contributed by atoms with Crippen LogP contribution in [0.4, 0.5) is 23.7 Å². The van der Waals surface area contributed by atoms with E-state index < -0.39 is 39.8 Å². The first-order valence-corrected chi connectivity index (χ1v) is 25.3. The average molecular weight is 1010 g/mol. The van der Waals surface area contributed by atoms with Gasteiger partial charge in [-0.05, 0) is 111 Å². The molecule has 6 rings (SSSR count). The second-order valence-corrected chi connectivity index (χ2v) is 19.7. The van der Waals surface area contributed by atoms with E-state index >= 15 is 0 Å². The predicted octanol–water partition coefficient (Wildman–Crippen LogP) is 6.85. The number of aromatic nitrogens is 2. The largest absolute Gasteiger partial charge is 0.435 e. The molecule has 0 spiro atoms. The second-order valence-electron chi connectivity index (χ2n) is 16.9. The Labute approximate surface area is 406 Å². The third kappa shape index (κ3) is 14.9. The number of ether oxygens (including phenoxy) is 1. The van der Waals surface area contributed by atoms with E-state index in [1.165, 1.54) is 54.6 Å². The Morgan fingerprint density at radius 1 is 0.929 bits per heavy atom. The van der Waals surface area contributed by atoms with Crippen LogP contribution in [0.25, 0.3) is 27.4 Å². The van der Waals surface area contributed by atoms with Crippen molar-refractivity contribution in [1.29, 1.82) is 0 Å². The van der Waals surface area contributed by atoms with Crippen molar-refractivity contribution < 1.29 is 50.3 Å². The minimum atomic E-state index is -4.85. The van der Waals surface area contributed by atoms with Crippen molar-refractivity contribution in [2.45, 2.75) is 112 Å². The first kappa shape index (κ1) is 52.7. The Hall–Kier alpha value is -6.62. The SMILES string of the molecule is Cc1ccc(-c2cc(C(F)(F)F)nn2-c2ccc(S(N)(=O)=O)cc2)cc1OC(=O)[C@@H](CCCCNC(=O)CCCCCNC(=O)CCCC[C@@H]1SC[C@@H]2NC(=O)N[C@@H]21)NC(=O)c1ccc(N=[N+]=[N-])cc1. The number of hydrogen-bond acceptors (Lipinski definition) is 11. The number of primary sulfonamides is 1. The van der Waals surface area contributed by atoms with Crippen LogP contribution in [0.5, 0.6) is 5.75 Å². The summed E-state index contributed by atoms with van der Waals surface area (Å²) in [5, 5.41) is 27.2. The molecule has 3 aromatic carbocycles. The van der Waals surface area contributed by atoms with Crippen LogP contribution < -0.4 is 36.5 Å². The molecule has 0 radical (unpaired) electrons. The van der Waals surface area contributed by atoms with Gasteiger partial charge in [0.1, 0.15) is 11.8 Å². The van der Waals surface area contributed by atoms with E-state index in [1.54, 1.807) is 6.92 Å². The van der Waals surface area contributed by atoms with Crippen LogP contribution in [-0.4, -0.2) is 90.1 Å². The Kier molecular flexibility index (Phi) is 18.3. The maximum atomic E-state index is 14.0. The topological polar surface area (TPSA) is 281 Å². The fourth-order valence-corrected chi connectivity index (χ4v) is 10.00. The normalized spacial score (nSPS) is 16.8. The molecule has 70 heavy (non-hydrogen) atoms. The molecule has 4 atom stereocenters. The molecule has 24 heteroatoms. The highest BCUT2D eigenvalue weighted by atomic mass is 32.2. The predicted molar refractivity (Wildman–Crippen MR) is 255 cm³/mol. The highest BCUT2D eigenvalue weighted by Crippen LogP contribution is 2.36. The zero-order valence-corrected chi connectivity index (χ0v) is 39.8. The Morgan fingerprint density at radius 2 is 1.60 bits per heavy atom. The van der Waals surface area contributed by atoms with E-state index in [0.717, 1.165) is 60.7 Å². The Morgan fingerprint density at radius 3 is 2.26 bits per heavy atom. The lowest BCUT2D eigenvalue weighted by Crippen LogP contribution is -2.43. The highest BCUT2D eigenvalue weighted by molar-refractivity contribution is 8.00. The van der Waals surface area contributed by atoms with Crippen molar-refractivity contribution in [2.24, 2.45) is 10.3 Å². The summed E-state index contributed by atoms with van der Waals surface area (Å²) in [6, 6.07) is 14.6. The minimum Gasteiger partial charge on any atom is -0.425 e. The Bertz CT molecular complexity index is 2680. The maximum absolute atomic E-state index is 14.0. The summed E-state index contributed by atoms with van der Waals surface area (Å²) in [7, 11) is -4.10. The zero-order chi connectivity index (χ0) is 50.4. The molecule has 2 saturated heterocycles. The number of thioether (sulfide) groups is 1. The number of rotatable bonds is 24. The summed E-state index contributed by atoms with van der Waals surface area (Å²) in [6.45, 7) is 2.42. The number of alkyl halides is 3. The van der Waals surface area contributed by atoms with Gasteiger partial charge in [0.2, 0.25) is 21.8 Å². The molecule has 4 aromatic rings. The van der Waals surface area contributed by atoms with Gasteiger partial charge in [0.25, 0.3) is 5.91 Å². The number of azide groups is 1. The fourth-order valence-electron chi connectivity index (χ4n) is 7.94. The van der Waals surface area contributed by atoms with E-state index in [4.69, 9.17) is 15.4 Å².